The summed E-state index contributed by atoms with van der Waals surface area (Å²) in [5.41, 5.74) is 0. The van der Waals surface area contributed by atoms with Crippen LogP contribution in [0.2, 0.25) is 0 Å². The molecule has 1 saturated heterocycles. The minimum atomic E-state index is -6.74. The summed E-state index contributed by atoms with van der Waals surface area (Å²) in [4.78, 5) is 0. The molecule has 0 aromatic carbocycles. The lowest BCUT2D eigenvalue weighted by Crippen LogP contribution is -2.59. The van der Waals surface area contributed by atoms with Crippen LogP contribution < -0.4 is 0 Å². The van der Waals surface area contributed by atoms with Crippen LogP contribution in [0.25, 0.3) is 0 Å². The number of halogens is 9. The van der Waals surface area contributed by atoms with E-state index in [-0.39, 0.29) is 6.92 Å². The molecule has 96 valence electrons. The minimum absolute atomic E-state index is 0.0205. The van der Waals surface area contributed by atoms with Crippen molar-refractivity contribution in [3.8, 4) is 0 Å². The Balaban J connectivity index is 3.14. The average molecular weight is 262 g/mol. The van der Waals surface area contributed by atoms with Gasteiger partial charge >= 0.3 is 23.9 Å². The second kappa shape index (κ2) is 2.77. The van der Waals surface area contributed by atoms with Gasteiger partial charge in [-0.25, -0.2) is 4.39 Å². The summed E-state index contributed by atoms with van der Waals surface area (Å²) in [6.45, 7) is -0.0205. The predicted octanol–water partition coefficient (Wildman–Crippen LogP) is 3.20. The molecular formula is C6H3F9O. The molecular weight excluding hydrogens is 259 g/mol. The van der Waals surface area contributed by atoms with Crippen LogP contribution in [0.1, 0.15) is 6.92 Å². The summed E-state index contributed by atoms with van der Waals surface area (Å²) in [6, 6.07) is 0. The Morgan fingerprint density at radius 2 is 1.19 bits per heavy atom. The van der Waals surface area contributed by atoms with Crippen LogP contribution in [0.4, 0.5) is 39.5 Å². The number of alkyl halides is 9. The molecule has 0 aliphatic carbocycles. The van der Waals surface area contributed by atoms with Crippen LogP contribution in [0.15, 0.2) is 0 Å². The second-order valence-corrected chi connectivity index (χ2v) is 3.26. The highest BCUT2D eigenvalue weighted by molar-refractivity contribution is 5.14. The Kier molecular flexibility index (Phi) is 2.32. The normalized spacial score (nSPS) is 36.4. The molecule has 1 aliphatic heterocycles. The standard InChI is InChI=1S/C6H3F9O/c1-2(7)5(12,16-2)3(8,9)4(10,11)6(13,14)15/h1H3. The van der Waals surface area contributed by atoms with Crippen molar-refractivity contribution in [3.63, 3.8) is 0 Å². The minimum Gasteiger partial charge on any atom is -0.294 e. The topological polar surface area (TPSA) is 12.5 Å². The fraction of sp³-hybridized carbons (Fsp3) is 1.00. The summed E-state index contributed by atoms with van der Waals surface area (Å²) in [5.74, 6) is -22.0. The van der Waals surface area contributed by atoms with Gasteiger partial charge in [-0.05, 0) is 0 Å². The van der Waals surface area contributed by atoms with E-state index in [4.69, 9.17) is 0 Å². The van der Waals surface area contributed by atoms with Crippen molar-refractivity contribution in [2.75, 3.05) is 0 Å². The van der Waals surface area contributed by atoms with E-state index in [1.807, 2.05) is 0 Å². The average Bonchev–Trinajstić information content (AvgIpc) is 2.50. The Labute approximate surface area is 82.2 Å². The van der Waals surface area contributed by atoms with E-state index < -0.39 is 29.7 Å². The lowest BCUT2D eigenvalue weighted by atomic mass is 10.0. The highest BCUT2D eigenvalue weighted by Gasteiger charge is 2.93. The fourth-order valence-electron chi connectivity index (χ4n) is 0.963. The van der Waals surface area contributed by atoms with Crippen molar-refractivity contribution >= 4 is 0 Å². The quantitative estimate of drug-likeness (QED) is 0.550. The monoisotopic (exact) mass is 262 g/mol. The van der Waals surface area contributed by atoms with E-state index in [1.54, 1.807) is 0 Å². The largest absolute Gasteiger partial charge is 0.460 e. The molecule has 1 rings (SSSR count). The molecule has 0 saturated carbocycles. The van der Waals surface area contributed by atoms with Crippen molar-refractivity contribution in [3.05, 3.63) is 0 Å². The second-order valence-electron chi connectivity index (χ2n) is 3.26. The van der Waals surface area contributed by atoms with E-state index in [9.17, 15) is 39.5 Å². The van der Waals surface area contributed by atoms with E-state index in [0.717, 1.165) is 0 Å². The predicted molar refractivity (Wildman–Crippen MR) is 30.4 cm³/mol. The zero-order valence-corrected chi connectivity index (χ0v) is 7.31. The lowest BCUT2D eigenvalue weighted by Gasteiger charge is -2.28. The maximum atomic E-state index is 12.8. The van der Waals surface area contributed by atoms with E-state index in [2.05, 4.69) is 4.74 Å². The molecule has 1 heterocycles. The van der Waals surface area contributed by atoms with Crippen LogP contribution in [0, 0.1) is 0 Å². The number of hydrogen-bond donors (Lipinski definition) is 0. The van der Waals surface area contributed by atoms with Gasteiger partial charge in [0.05, 0.1) is 0 Å². The number of ether oxygens (including phenoxy) is 1. The summed E-state index contributed by atoms with van der Waals surface area (Å²) < 4.78 is 112. The van der Waals surface area contributed by atoms with Gasteiger partial charge in [0.25, 0.3) is 5.85 Å². The maximum Gasteiger partial charge on any atom is 0.460 e. The molecule has 0 N–H and O–H groups in total. The van der Waals surface area contributed by atoms with Gasteiger partial charge in [-0.15, -0.1) is 0 Å². The zero-order valence-electron chi connectivity index (χ0n) is 7.31. The summed E-state index contributed by atoms with van der Waals surface area (Å²) in [6.07, 6.45) is -6.72. The molecule has 0 aromatic heterocycles. The van der Waals surface area contributed by atoms with Gasteiger partial charge in [0.1, 0.15) is 0 Å². The van der Waals surface area contributed by atoms with Crippen molar-refractivity contribution < 1.29 is 44.3 Å². The molecule has 0 amide bonds. The van der Waals surface area contributed by atoms with Gasteiger partial charge in [-0.2, -0.15) is 35.1 Å². The molecule has 1 nitrogen and oxygen atoms in total. The van der Waals surface area contributed by atoms with Crippen LogP contribution in [-0.4, -0.2) is 29.7 Å². The van der Waals surface area contributed by atoms with Crippen molar-refractivity contribution in [2.24, 2.45) is 0 Å². The van der Waals surface area contributed by atoms with Crippen molar-refractivity contribution in [2.45, 2.75) is 36.7 Å². The number of epoxide rings is 1. The van der Waals surface area contributed by atoms with Crippen LogP contribution in [0.3, 0.4) is 0 Å². The number of hydrogen-bond acceptors (Lipinski definition) is 1. The Hall–Kier alpha value is -0.670. The first kappa shape index (κ1) is 13.4. The fourth-order valence-corrected chi connectivity index (χ4v) is 0.963. The van der Waals surface area contributed by atoms with Gasteiger partial charge in [0, 0.05) is 6.92 Å². The van der Waals surface area contributed by atoms with Gasteiger partial charge in [-0.1, -0.05) is 0 Å². The van der Waals surface area contributed by atoms with Crippen LogP contribution >= 0.6 is 0 Å². The smallest absolute Gasteiger partial charge is 0.294 e. The Morgan fingerprint density at radius 3 is 1.38 bits per heavy atom. The lowest BCUT2D eigenvalue weighted by molar-refractivity contribution is -0.378. The van der Waals surface area contributed by atoms with Gasteiger partial charge in [0.15, 0.2) is 0 Å². The molecule has 0 radical (unpaired) electrons. The highest BCUT2D eigenvalue weighted by Crippen LogP contribution is 2.65. The Morgan fingerprint density at radius 1 is 0.875 bits per heavy atom. The third kappa shape index (κ3) is 1.31. The number of rotatable bonds is 2. The molecule has 10 heteroatoms. The first-order valence-electron chi connectivity index (χ1n) is 3.61. The van der Waals surface area contributed by atoms with Crippen LogP contribution in [0.5, 0.6) is 0 Å². The molecule has 2 atom stereocenters. The van der Waals surface area contributed by atoms with Crippen LogP contribution in [-0.2, 0) is 4.74 Å². The summed E-state index contributed by atoms with van der Waals surface area (Å²) in [5, 5.41) is 0. The van der Waals surface area contributed by atoms with Gasteiger partial charge in [0.2, 0.25) is 0 Å². The zero-order chi connectivity index (χ0) is 13.2. The van der Waals surface area contributed by atoms with E-state index in [1.165, 1.54) is 0 Å². The molecule has 0 spiro atoms. The molecule has 0 aromatic rings. The summed E-state index contributed by atoms with van der Waals surface area (Å²) in [7, 11) is 0. The molecule has 1 fully saturated rings. The third-order valence-electron chi connectivity index (χ3n) is 2.02. The Bertz CT molecular complexity index is 306. The third-order valence-corrected chi connectivity index (χ3v) is 2.02. The maximum absolute atomic E-state index is 12.8. The SMILES string of the molecule is CC1(F)OC1(F)C(F)(F)C(F)(F)C(F)(F)F. The van der Waals surface area contributed by atoms with Gasteiger partial charge in [-0.3, -0.25) is 4.74 Å². The van der Waals surface area contributed by atoms with Crippen molar-refractivity contribution in [1.82, 2.24) is 0 Å². The molecule has 2 unspecified atom stereocenters. The van der Waals surface area contributed by atoms with E-state index >= 15 is 0 Å². The first-order valence-corrected chi connectivity index (χ1v) is 3.61. The first-order chi connectivity index (χ1) is 6.71. The summed E-state index contributed by atoms with van der Waals surface area (Å²) >= 11 is 0. The highest BCUT2D eigenvalue weighted by atomic mass is 19.4. The van der Waals surface area contributed by atoms with Crippen molar-refractivity contribution in [1.29, 1.82) is 0 Å². The molecule has 1 aliphatic rings. The molecule has 16 heavy (non-hydrogen) atoms. The molecule has 0 bridgehead atoms. The van der Waals surface area contributed by atoms with E-state index in [0.29, 0.717) is 0 Å². The van der Waals surface area contributed by atoms with Gasteiger partial charge < -0.3 is 0 Å².